The molecule has 0 amide bonds. The van der Waals surface area contributed by atoms with Crippen molar-refractivity contribution < 1.29 is 17.2 Å². The lowest BCUT2D eigenvalue weighted by Gasteiger charge is -2.56. The van der Waals surface area contributed by atoms with E-state index in [1.165, 1.54) is 48.8 Å². The van der Waals surface area contributed by atoms with Gasteiger partial charge in [-0.1, -0.05) is 41.6 Å². The molecule has 5 aliphatic carbocycles. The molecule has 0 aromatic carbocycles. The van der Waals surface area contributed by atoms with Crippen molar-refractivity contribution in [2.75, 3.05) is 6.61 Å². The highest BCUT2D eigenvalue weighted by molar-refractivity contribution is 7.80. The molecule has 0 radical (unpaired) electrons. The number of aromatic nitrogens is 9. The standard InChI is InChI=1S/C31H46N10O4S/c1-4-30(11-22(2)7-23(3)12-30)40-20-28(33-36-40)17-38(16-27-19-39(35-32-27)5-6-45-46(42,43)44)18-29-21-41(37-34-29)31-13-24-8-25(14-31)10-26(9-24)15-31/h19-21,23-26H,2,4-18H2,1,3H3,(H,42,43,44). The van der Waals surface area contributed by atoms with Crippen molar-refractivity contribution in [3.05, 3.63) is 47.8 Å². The summed E-state index contributed by atoms with van der Waals surface area (Å²) in [7, 11) is -4.51. The number of hydrogen-bond donors (Lipinski definition) is 1. The molecule has 46 heavy (non-hydrogen) atoms. The van der Waals surface area contributed by atoms with E-state index in [0.717, 1.165) is 54.8 Å². The molecule has 250 valence electrons. The summed E-state index contributed by atoms with van der Waals surface area (Å²) in [5.74, 6) is 3.00. The molecule has 1 N–H and O–H groups in total. The van der Waals surface area contributed by atoms with Crippen LogP contribution in [-0.4, -0.2) is 69.5 Å². The van der Waals surface area contributed by atoms with Gasteiger partial charge in [0.1, 0.15) is 0 Å². The van der Waals surface area contributed by atoms with Crippen molar-refractivity contribution in [3.63, 3.8) is 0 Å². The summed E-state index contributed by atoms with van der Waals surface area (Å²) < 4.78 is 40.9. The molecule has 0 saturated heterocycles. The molecule has 3 heterocycles. The highest BCUT2D eigenvalue weighted by Gasteiger charge is 2.52. The number of rotatable bonds is 13. The Labute approximate surface area is 270 Å². The Morgan fingerprint density at radius 3 is 2.07 bits per heavy atom. The molecule has 3 aromatic heterocycles. The zero-order valence-corrected chi connectivity index (χ0v) is 27.7. The first-order valence-corrected chi connectivity index (χ1v) is 18.1. The third kappa shape index (κ3) is 6.69. The Hall–Kier alpha value is -3.01. The first-order valence-electron chi connectivity index (χ1n) is 16.7. The summed E-state index contributed by atoms with van der Waals surface area (Å²) in [5.41, 5.74) is 3.73. The zero-order chi connectivity index (χ0) is 32.1. The van der Waals surface area contributed by atoms with Crippen LogP contribution in [0.2, 0.25) is 0 Å². The van der Waals surface area contributed by atoms with Crippen LogP contribution in [0.3, 0.4) is 0 Å². The van der Waals surface area contributed by atoms with Gasteiger partial charge in [0.05, 0.1) is 53.7 Å². The van der Waals surface area contributed by atoms with E-state index in [9.17, 15) is 8.42 Å². The van der Waals surface area contributed by atoms with E-state index in [-0.39, 0.29) is 24.2 Å². The molecule has 2 unspecified atom stereocenters. The molecule has 4 bridgehead atoms. The fraction of sp³-hybridized carbons (Fsp3) is 0.742. The van der Waals surface area contributed by atoms with Crippen LogP contribution in [0, 0.1) is 23.7 Å². The topological polar surface area (TPSA) is 159 Å². The van der Waals surface area contributed by atoms with Crippen molar-refractivity contribution in [2.24, 2.45) is 23.7 Å². The van der Waals surface area contributed by atoms with E-state index in [1.807, 2.05) is 0 Å². The lowest BCUT2D eigenvalue weighted by molar-refractivity contribution is -0.0502. The van der Waals surface area contributed by atoms with Crippen LogP contribution >= 0.6 is 0 Å². The second kappa shape index (κ2) is 12.2. The van der Waals surface area contributed by atoms with Crippen molar-refractivity contribution in [3.8, 4) is 0 Å². The monoisotopic (exact) mass is 654 g/mol. The van der Waals surface area contributed by atoms with Gasteiger partial charge < -0.3 is 0 Å². The Bertz CT molecular complexity index is 1630. The predicted octanol–water partition coefficient (Wildman–Crippen LogP) is 3.89. The average Bonchev–Trinajstić information content (AvgIpc) is 3.73. The van der Waals surface area contributed by atoms with Crippen LogP contribution in [0.25, 0.3) is 0 Å². The summed E-state index contributed by atoms with van der Waals surface area (Å²) in [6, 6.07) is 0. The Balaban J connectivity index is 1.09. The Morgan fingerprint density at radius 1 is 0.913 bits per heavy atom. The summed E-state index contributed by atoms with van der Waals surface area (Å²) in [4.78, 5) is 2.21. The van der Waals surface area contributed by atoms with Crippen molar-refractivity contribution >= 4 is 10.4 Å². The van der Waals surface area contributed by atoms with Crippen LogP contribution in [0.1, 0.15) is 95.1 Å². The van der Waals surface area contributed by atoms with Gasteiger partial charge in [-0.15, -0.1) is 15.3 Å². The van der Waals surface area contributed by atoms with Gasteiger partial charge in [-0.25, -0.2) is 18.2 Å². The van der Waals surface area contributed by atoms with Crippen LogP contribution in [0.4, 0.5) is 0 Å². The molecule has 14 nitrogen and oxygen atoms in total. The van der Waals surface area contributed by atoms with E-state index < -0.39 is 10.4 Å². The van der Waals surface area contributed by atoms with Gasteiger partial charge in [0.2, 0.25) is 0 Å². The molecule has 15 heteroatoms. The van der Waals surface area contributed by atoms with Gasteiger partial charge in [-0.2, -0.15) is 8.42 Å². The first kappa shape index (κ1) is 31.6. The molecule has 8 rings (SSSR count). The number of nitrogens with zero attached hydrogens (tertiary/aromatic N) is 10. The second-order valence-electron chi connectivity index (χ2n) is 14.8. The van der Waals surface area contributed by atoms with Crippen LogP contribution < -0.4 is 0 Å². The maximum Gasteiger partial charge on any atom is 0.397 e. The minimum absolute atomic E-state index is 0.107. The summed E-state index contributed by atoms with van der Waals surface area (Å²) in [5, 5.41) is 27.1. The zero-order valence-electron chi connectivity index (χ0n) is 26.9. The second-order valence-corrected chi connectivity index (χ2v) is 15.9. The van der Waals surface area contributed by atoms with Crippen molar-refractivity contribution in [1.29, 1.82) is 0 Å². The molecular weight excluding hydrogens is 608 g/mol. The minimum Gasteiger partial charge on any atom is -0.285 e. The number of allylic oxidation sites excluding steroid dienone is 1. The fourth-order valence-electron chi connectivity index (χ4n) is 9.59. The van der Waals surface area contributed by atoms with E-state index in [2.05, 4.69) is 77.0 Å². The SMILES string of the molecule is C=C1CC(C)CC(CC)(n2cc(CN(Cc3cn(CCOS(=O)(=O)O)nn3)Cc3cn(C45CC6CC(CC(C6)C4)C5)nn3)nn2)C1. The smallest absolute Gasteiger partial charge is 0.285 e. The Kier molecular flexibility index (Phi) is 8.39. The quantitative estimate of drug-likeness (QED) is 0.210. The van der Waals surface area contributed by atoms with Gasteiger partial charge in [-0.3, -0.25) is 9.45 Å². The molecule has 3 aromatic rings. The Morgan fingerprint density at radius 2 is 1.48 bits per heavy atom. The van der Waals surface area contributed by atoms with E-state index in [0.29, 0.717) is 31.2 Å². The highest BCUT2D eigenvalue weighted by Crippen LogP contribution is 2.58. The van der Waals surface area contributed by atoms with Crippen LogP contribution in [0.15, 0.2) is 30.7 Å². The van der Waals surface area contributed by atoms with E-state index >= 15 is 0 Å². The molecule has 5 aliphatic rings. The normalized spacial score (nSPS) is 30.9. The molecule has 0 aliphatic heterocycles. The van der Waals surface area contributed by atoms with Gasteiger partial charge in [0, 0.05) is 25.8 Å². The van der Waals surface area contributed by atoms with E-state index in [4.69, 9.17) is 9.77 Å². The van der Waals surface area contributed by atoms with Crippen LogP contribution in [0.5, 0.6) is 0 Å². The summed E-state index contributed by atoms with van der Waals surface area (Å²) >= 11 is 0. The lowest BCUT2D eigenvalue weighted by Crippen LogP contribution is -2.52. The van der Waals surface area contributed by atoms with Crippen LogP contribution in [-0.2, 0) is 51.8 Å². The molecule has 5 saturated carbocycles. The molecule has 0 spiro atoms. The van der Waals surface area contributed by atoms with Gasteiger partial charge in [-0.05, 0) is 87.9 Å². The fourth-order valence-corrected chi connectivity index (χ4v) is 9.88. The van der Waals surface area contributed by atoms with Gasteiger partial charge in [0.25, 0.3) is 0 Å². The molecular formula is C31H46N10O4S. The first-order chi connectivity index (χ1) is 22.0. The van der Waals surface area contributed by atoms with Crippen molar-refractivity contribution in [2.45, 2.75) is 115 Å². The maximum absolute atomic E-state index is 10.9. The molecule has 5 fully saturated rings. The predicted molar refractivity (Wildman–Crippen MR) is 167 cm³/mol. The minimum atomic E-state index is -4.51. The largest absolute Gasteiger partial charge is 0.397 e. The van der Waals surface area contributed by atoms with Crippen molar-refractivity contribution in [1.82, 2.24) is 49.9 Å². The number of hydrogen-bond acceptors (Lipinski definition) is 10. The lowest BCUT2D eigenvalue weighted by atomic mass is 9.53. The third-order valence-electron chi connectivity index (χ3n) is 11.0. The maximum atomic E-state index is 10.9. The summed E-state index contributed by atoms with van der Waals surface area (Å²) in [6.07, 6.45) is 17.7. The summed E-state index contributed by atoms with van der Waals surface area (Å²) in [6.45, 7) is 10.2. The van der Waals surface area contributed by atoms with Gasteiger partial charge in [0.15, 0.2) is 0 Å². The molecule has 2 atom stereocenters. The average molecular weight is 655 g/mol. The van der Waals surface area contributed by atoms with Gasteiger partial charge >= 0.3 is 10.4 Å². The highest BCUT2D eigenvalue weighted by atomic mass is 32.3. The van der Waals surface area contributed by atoms with E-state index in [1.54, 1.807) is 6.20 Å². The third-order valence-corrected chi connectivity index (χ3v) is 11.4.